The number of hydrogen-bond acceptors (Lipinski definition) is 4. The van der Waals surface area contributed by atoms with Gasteiger partial charge in [-0.1, -0.05) is 38.1 Å². The monoisotopic (exact) mass is 355 g/mol. The van der Waals surface area contributed by atoms with Crippen LogP contribution in [0.15, 0.2) is 36.4 Å². The number of nitrogens with zero attached hydrogens (tertiary/aromatic N) is 5. The normalized spacial score (nSPS) is 16.1. The second-order valence-electron chi connectivity index (χ2n) is 7.01. The molecule has 0 amide bonds. The Morgan fingerprint density at radius 2 is 1.72 bits per heavy atom. The summed E-state index contributed by atoms with van der Waals surface area (Å²) in [5, 5.41) is 12.7. The zero-order valence-corrected chi connectivity index (χ0v) is 15.3. The second-order valence-corrected chi connectivity index (χ2v) is 7.35. The van der Waals surface area contributed by atoms with Gasteiger partial charge in [-0.15, -0.1) is 15.3 Å². The molecule has 130 valence electrons. The molecule has 0 unspecified atom stereocenters. The van der Waals surface area contributed by atoms with Gasteiger partial charge < -0.3 is 4.90 Å². The number of fused-ring (bicyclic) bond motifs is 1. The maximum Gasteiger partial charge on any atom is 0.246 e. The number of rotatable bonds is 3. The number of halogens is 1. The summed E-state index contributed by atoms with van der Waals surface area (Å²) in [6.45, 7) is 6.46. The van der Waals surface area contributed by atoms with Gasteiger partial charge >= 0.3 is 0 Å². The summed E-state index contributed by atoms with van der Waals surface area (Å²) in [4.78, 5) is 2.31. The minimum absolute atomic E-state index is 0.303. The van der Waals surface area contributed by atoms with Gasteiger partial charge in [0.05, 0.1) is 0 Å². The van der Waals surface area contributed by atoms with Crippen molar-refractivity contribution >= 4 is 23.1 Å². The zero-order chi connectivity index (χ0) is 17.4. The molecule has 3 heterocycles. The van der Waals surface area contributed by atoms with E-state index >= 15 is 0 Å². The van der Waals surface area contributed by atoms with Crippen LogP contribution in [0.4, 0.5) is 5.82 Å². The Labute approximate surface area is 152 Å². The van der Waals surface area contributed by atoms with Gasteiger partial charge in [-0.25, -0.2) is 0 Å². The summed E-state index contributed by atoms with van der Waals surface area (Å²) in [5.74, 6) is 2.14. The zero-order valence-electron chi connectivity index (χ0n) is 14.6. The number of benzene rings is 1. The van der Waals surface area contributed by atoms with Crippen molar-refractivity contribution in [1.29, 1.82) is 0 Å². The quantitative estimate of drug-likeness (QED) is 0.703. The lowest BCUT2D eigenvalue weighted by Crippen LogP contribution is -2.33. The van der Waals surface area contributed by atoms with Gasteiger partial charge in [-0.2, -0.15) is 4.52 Å². The Balaban J connectivity index is 1.45. The predicted molar refractivity (Wildman–Crippen MR) is 101 cm³/mol. The Bertz CT molecular complexity index is 863. The molecule has 25 heavy (non-hydrogen) atoms. The molecule has 4 rings (SSSR count). The van der Waals surface area contributed by atoms with Gasteiger partial charge in [0, 0.05) is 13.1 Å². The minimum atomic E-state index is 0.303. The van der Waals surface area contributed by atoms with Crippen molar-refractivity contribution < 1.29 is 0 Å². The van der Waals surface area contributed by atoms with E-state index in [-0.39, 0.29) is 0 Å². The third kappa shape index (κ3) is 3.21. The molecule has 3 aromatic rings. The molecular weight excluding hydrogens is 334 g/mol. The van der Waals surface area contributed by atoms with Crippen molar-refractivity contribution in [2.75, 3.05) is 18.0 Å². The lowest BCUT2D eigenvalue weighted by molar-refractivity contribution is 0.501. The fourth-order valence-corrected chi connectivity index (χ4v) is 3.68. The molecule has 0 atom stereocenters. The second kappa shape index (κ2) is 6.64. The van der Waals surface area contributed by atoms with Crippen molar-refractivity contribution in [1.82, 2.24) is 19.8 Å². The first-order chi connectivity index (χ1) is 12.1. The molecule has 1 aliphatic rings. The molecule has 0 radical (unpaired) electrons. The van der Waals surface area contributed by atoms with E-state index < -0.39 is 0 Å². The molecule has 5 nitrogen and oxygen atoms in total. The fraction of sp³-hybridized carbons (Fsp3) is 0.421. The van der Waals surface area contributed by atoms with Crippen molar-refractivity contribution in [3.05, 3.63) is 52.8 Å². The molecule has 0 aliphatic carbocycles. The van der Waals surface area contributed by atoms with Crippen molar-refractivity contribution in [3.8, 4) is 0 Å². The highest BCUT2D eigenvalue weighted by atomic mass is 35.5. The smallest absolute Gasteiger partial charge is 0.246 e. The third-order valence-corrected chi connectivity index (χ3v) is 5.34. The Kier molecular flexibility index (Phi) is 4.34. The molecule has 6 heteroatoms. The summed E-state index contributed by atoms with van der Waals surface area (Å²) in [6, 6.07) is 13.1. The first kappa shape index (κ1) is 16.3. The summed E-state index contributed by atoms with van der Waals surface area (Å²) in [5.41, 5.74) is 3.53. The van der Waals surface area contributed by atoms with Crippen LogP contribution in [0.3, 0.4) is 0 Å². The summed E-state index contributed by atoms with van der Waals surface area (Å²) < 4.78 is 1.59. The van der Waals surface area contributed by atoms with Gasteiger partial charge in [0.1, 0.15) is 5.82 Å². The van der Waals surface area contributed by atoms with Gasteiger partial charge in [0.15, 0.2) is 5.65 Å². The standard InChI is InChI=1S/C19H22ClN5/c1-13(2)14-3-5-15(6-4-14)16-9-11-24(12-10-16)18-8-7-17-21-22-19(20)25(17)23-18/h3-8,13,16H,9-12H2,1-2H3. The molecule has 0 spiro atoms. The van der Waals surface area contributed by atoms with E-state index in [0.29, 0.717) is 22.8 Å². The summed E-state index contributed by atoms with van der Waals surface area (Å²) in [7, 11) is 0. The minimum Gasteiger partial charge on any atom is -0.355 e. The Morgan fingerprint density at radius 3 is 2.40 bits per heavy atom. The summed E-state index contributed by atoms with van der Waals surface area (Å²) >= 11 is 6.03. The number of piperidine rings is 1. The lowest BCUT2D eigenvalue weighted by Gasteiger charge is -2.33. The summed E-state index contributed by atoms with van der Waals surface area (Å²) in [6.07, 6.45) is 2.27. The molecule has 0 N–H and O–H groups in total. The van der Waals surface area contributed by atoms with Gasteiger partial charge in [0.2, 0.25) is 5.28 Å². The molecule has 1 aromatic carbocycles. The van der Waals surface area contributed by atoms with Gasteiger partial charge in [0.25, 0.3) is 0 Å². The number of aromatic nitrogens is 4. The fourth-order valence-electron chi connectivity index (χ4n) is 3.52. The van der Waals surface area contributed by atoms with Crippen LogP contribution >= 0.6 is 11.6 Å². The van der Waals surface area contributed by atoms with Crippen LogP contribution in [-0.2, 0) is 0 Å². The Hall–Kier alpha value is -2.14. The SMILES string of the molecule is CC(C)c1ccc(C2CCN(c3ccc4nnc(Cl)n4n3)CC2)cc1. The van der Waals surface area contributed by atoms with Crippen LogP contribution < -0.4 is 4.90 Å². The van der Waals surface area contributed by atoms with E-state index in [1.165, 1.54) is 11.1 Å². The lowest BCUT2D eigenvalue weighted by atomic mass is 9.88. The molecule has 0 saturated carbocycles. The topological polar surface area (TPSA) is 46.3 Å². The van der Waals surface area contributed by atoms with E-state index in [1.807, 2.05) is 12.1 Å². The predicted octanol–water partition coefficient (Wildman–Crippen LogP) is 4.29. The molecule has 0 bridgehead atoms. The highest BCUT2D eigenvalue weighted by Crippen LogP contribution is 2.30. The van der Waals surface area contributed by atoms with Crippen molar-refractivity contribution in [3.63, 3.8) is 0 Å². The van der Waals surface area contributed by atoms with E-state index in [0.717, 1.165) is 31.7 Å². The highest BCUT2D eigenvalue weighted by Gasteiger charge is 2.22. The number of hydrogen-bond donors (Lipinski definition) is 0. The van der Waals surface area contributed by atoms with Gasteiger partial charge in [-0.05, 0) is 59.5 Å². The van der Waals surface area contributed by atoms with E-state index in [2.05, 4.69) is 58.3 Å². The molecule has 1 fully saturated rings. The average Bonchev–Trinajstić information content (AvgIpc) is 3.02. The van der Waals surface area contributed by atoms with E-state index in [9.17, 15) is 0 Å². The molecule has 1 saturated heterocycles. The first-order valence-electron chi connectivity index (χ1n) is 8.84. The van der Waals surface area contributed by atoms with E-state index in [4.69, 9.17) is 11.6 Å². The molecular formula is C19H22ClN5. The van der Waals surface area contributed by atoms with Crippen LogP contribution in [0.25, 0.3) is 5.65 Å². The third-order valence-electron chi connectivity index (χ3n) is 5.10. The Morgan fingerprint density at radius 1 is 1.00 bits per heavy atom. The van der Waals surface area contributed by atoms with E-state index in [1.54, 1.807) is 4.52 Å². The van der Waals surface area contributed by atoms with Crippen molar-refractivity contribution in [2.45, 2.75) is 38.5 Å². The van der Waals surface area contributed by atoms with Crippen LogP contribution in [0.1, 0.15) is 49.7 Å². The maximum absolute atomic E-state index is 6.03. The molecule has 1 aliphatic heterocycles. The maximum atomic E-state index is 6.03. The highest BCUT2D eigenvalue weighted by molar-refractivity contribution is 6.28. The van der Waals surface area contributed by atoms with Crippen LogP contribution in [-0.4, -0.2) is 32.9 Å². The van der Waals surface area contributed by atoms with Crippen LogP contribution in [0, 0.1) is 0 Å². The van der Waals surface area contributed by atoms with Crippen molar-refractivity contribution in [2.24, 2.45) is 0 Å². The van der Waals surface area contributed by atoms with Crippen LogP contribution in [0.5, 0.6) is 0 Å². The first-order valence-corrected chi connectivity index (χ1v) is 9.22. The largest absolute Gasteiger partial charge is 0.355 e. The molecule has 2 aromatic heterocycles. The number of anilines is 1. The average molecular weight is 356 g/mol. The van der Waals surface area contributed by atoms with Crippen LogP contribution in [0.2, 0.25) is 5.28 Å². The van der Waals surface area contributed by atoms with Gasteiger partial charge in [-0.3, -0.25) is 0 Å².